The first kappa shape index (κ1) is 17.5. The lowest BCUT2D eigenvalue weighted by Crippen LogP contribution is -2.43. The minimum Gasteiger partial charge on any atom is -0.358 e. The fraction of sp³-hybridized carbons (Fsp3) is 0.368. The first-order valence-electron chi connectivity index (χ1n) is 8.42. The van der Waals surface area contributed by atoms with Crippen LogP contribution in [-0.2, 0) is 0 Å². The Bertz CT molecular complexity index is 864. The van der Waals surface area contributed by atoms with Crippen molar-refractivity contribution in [2.45, 2.75) is 39.7 Å². The number of nitrogens with zero attached hydrogens (tertiary/aromatic N) is 3. The van der Waals surface area contributed by atoms with Gasteiger partial charge in [0.2, 0.25) is 0 Å². The lowest BCUT2D eigenvalue weighted by molar-refractivity contribution is 0.515. The van der Waals surface area contributed by atoms with E-state index in [1.165, 1.54) is 5.57 Å². The third-order valence-corrected chi connectivity index (χ3v) is 4.07. The van der Waals surface area contributed by atoms with Gasteiger partial charge in [0, 0.05) is 5.54 Å². The zero-order valence-corrected chi connectivity index (χ0v) is 15.8. The Balaban J connectivity index is 1.87. The van der Waals surface area contributed by atoms with Crippen LogP contribution in [0.2, 0.25) is 0 Å². The largest absolute Gasteiger partial charge is 0.358 e. The lowest BCUT2D eigenvalue weighted by atomic mass is 9.91. The van der Waals surface area contributed by atoms with Crippen LogP contribution in [-0.4, -0.2) is 25.6 Å². The van der Waals surface area contributed by atoms with Crippen LogP contribution in [0.1, 0.15) is 39.8 Å². The SMILES string of the molecule is CC1CC=CC=C1c1cnc2ccc(NC(=S)NC(C)(C)C)nc2n1. The minimum absolute atomic E-state index is 0.106. The van der Waals surface area contributed by atoms with Crippen molar-refractivity contribution >= 4 is 39.9 Å². The molecule has 5 nitrogen and oxygen atoms in total. The molecule has 130 valence electrons. The van der Waals surface area contributed by atoms with Crippen molar-refractivity contribution in [2.24, 2.45) is 5.92 Å². The highest BCUT2D eigenvalue weighted by atomic mass is 32.1. The van der Waals surface area contributed by atoms with E-state index in [1.54, 1.807) is 0 Å². The molecule has 1 aliphatic rings. The molecule has 0 saturated heterocycles. The van der Waals surface area contributed by atoms with E-state index in [0.29, 0.717) is 22.5 Å². The molecule has 0 fully saturated rings. The molecule has 0 aromatic carbocycles. The van der Waals surface area contributed by atoms with Crippen molar-refractivity contribution in [3.8, 4) is 0 Å². The minimum atomic E-state index is -0.106. The molecule has 1 unspecified atom stereocenters. The number of hydrogen-bond donors (Lipinski definition) is 2. The third kappa shape index (κ3) is 4.39. The molecule has 0 amide bonds. The Kier molecular flexibility index (Phi) is 4.81. The maximum absolute atomic E-state index is 5.34. The number of allylic oxidation sites excluding steroid dienone is 4. The van der Waals surface area contributed by atoms with Crippen LogP contribution in [0.15, 0.2) is 36.6 Å². The first-order valence-corrected chi connectivity index (χ1v) is 8.83. The number of thiocarbonyl (C=S) groups is 1. The van der Waals surface area contributed by atoms with Crippen molar-refractivity contribution in [3.05, 3.63) is 42.3 Å². The van der Waals surface area contributed by atoms with Gasteiger partial charge in [0.25, 0.3) is 0 Å². The molecule has 2 aromatic rings. The highest BCUT2D eigenvalue weighted by molar-refractivity contribution is 7.80. The van der Waals surface area contributed by atoms with Gasteiger partial charge in [-0.05, 0) is 63.0 Å². The number of anilines is 1. The van der Waals surface area contributed by atoms with E-state index in [0.717, 1.165) is 17.6 Å². The Morgan fingerprint density at radius 3 is 2.76 bits per heavy atom. The smallest absolute Gasteiger partial charge is 0.180 e. The highest BCUT2D eigenvalue weighted by Gasteiger charge is 2.15. The Labute approximate surface area is 153 Å². The topological polar surface area (TPSA) is 62.7 Å². The molecular weight excluding hydrogens is 330 g/mol. The van der Waals surface area contributed by atoms with E-state index in [9.17, 15) is 0 Å². The predicted molar refractivity (Wildman–Crippen MR) is 107 cm³/mol. The van der Waals surface area contributed by atoms with E-state index < -0.39 is 0 Å². The molecule has 2 heterocycles. The van der Waals surface area contributed by atoms with Crippen LogP contribution >= 0.6 is 12.2 Å². The molecule has 3 rings (SSSR count). The molecule has 6 heteroatoms. The van der Waals surface area contributed by atoms with E-state index in [-0.39, 0.29) is 5.54 Å². The van der Waals surface area contributed by atoms with E-state index >= 15 is 0 Å². The van der Waals surface area contributed by atoms with Crippen LogP contribution in [0, 0.1) is 5.92 Å². The molecule has 0 spiro atoms. The van der Waals surface area contributed by atoms with Crippen molar-refractivity contribution in [1.82, 2.24) is 20.3 Å². The normalized spacial score (nSPS) is 17.3. The van der Waals surface area contributed by atoms with E-state index in [2.05, 4.69) is 66.5 Å². The van der Waals surface area contributed by atoms with Crippen molar-refractivity contribution in [1.29, 1.82) is 0 Å². The zero-order chi connectivity index (χ0) is 18.0. The monoisotopic (exact) mass is 353 g/mol. The molecular formula is C19H23N5S. The van der Waals surface area contributed by atoms with Crippen LogP contribution < -0.4 is 10.6 Å². The van der Waals surface area contributed by atoms with E-state index in [4.69, 9.17) is 17.2 Å². The van der Waals surface area contributed by atoms with Gasteiger partial charge in [-0.3, -0.25) is 4.98 Å². The molecule has 0 radical (unpaired) electrons. The second kappa shape index (κ2) is 6.88. The summed E-state index contributed by atoms with van der Waals surface area (Å²) in [7, 11) is 0. The zero-order valence-electron chi connectivity index (χ0n) is 15.0. The summed E-state index contributed by atoms with van der Waals surface area (Å²) in [4.78, 5) is 13.8. The summed E-state index contributed by atoms with van der Waals surface area (Å²) in [5, 5.41) is 6.87. The Morgan fingerprint density at radius 1 is 1.24 bits per heavy atom. The summed E-state index contributed by atoms with van der Waals surface area (Å²) >= 11 is 5.34. The number of aromatic nitrogens is 3. The van der Waals surface area contributed by atoms with Crippen LogP contribution in [0.4, 0.5) is 5.82 Å². The number of fused-ring (bicyclic) bond motifs is 1. The number of nitrogens with one attached hydrogen (secondary N) is 2. The van der Waals surface area contributed by atoms with Gasteiger partial charge in [-0.2, -0.15) is 0 Å². The highest BCUT2D eigenvalue weighted by Crippen LogP contribution is 2.28. The molecule has 0 aliphatic heterocycles. The number of rotatable bonds is 2. The summed E-state index contributed by atoms with van der Waals surface area (Å²) < 4.78 is 0. The predicted octanol–water partition coefficient (Wildman–Crippen LogP) is 4.09. The summed E-state index contributed by atoms with van der Waals surface area (Å²) in [6, 6.07) is 3.76. The summed E-state index contributed by atoms with van der Waals surface area (Å²) in [6.45, 7) is 8.36. The second-order valence-corrected chi connectivity index (χ2v) is 7.72. The molecule has 2 aromatic heterocycles. The molecule has 2 N–H and O–H groups in total. The van der Waals surface area contributed by atoms with Crippen molar-refractivity contribution < 1.29 is 0 Å². The van der Waals surface area contributed by atoms with Crippen molar-refractivity contribution in [2.75, 3.05) is 5.32 Å². The molecule has 25 heavy (non-hydrogen) atoms. The average molecular weight is 353 g/mol. The third-order valence-electron chi connectivity index (χ3n) is 3.87. The fourth-order valence-corrected chi connectivity index (χ4v) is 3.09. The van der Waals surface area contributed by atoms with E-state index in [1.807, 2.05) is 18.3 Å². The molecule has 0 bridgehead atoms. The molecule has 1 atom stereocenters. The van der Waals surface area contributed by atoms with Crippen LogP contribution in [0.5, 0.6) is 0 Å². The van der Waals surface area contributed by atoms with Gasteiger partial charge in [0.1, 0.15) is 11.3 Å². The van der Waals surface area contributed by atoms with Crippen molar-refractivity contribution in [3.63, 3.8) is 0 Å². The maximum Gasteiger partial charge on any atom is 0.180 e. The summed E-state index contributed by atoms with van der Waals surface area (Å²) in [5.41, 5.74) is 3.35. The summed E-state index contributed by atoms with van der Waals surface area (Å²) in [6.07, 6.45) is 9.20. The standard InChI is InChI=1S/C19H23N5S/c1-12-7-5-6-8-13(12)15-11-20-14-9-10-16(22-17(14)21-15)23-18(25)24-19(2,3)4/h5-6,8-12H,7H2,1-4H3,(H2,21,22,23,24,25). The van der Waals surface area contributed by atoms with Gasteiger partial charge in [-0.25, -0.2) is 9.97 Å². The van der Waals surface area contributed by atoms with Gasteiger partial charge >= 0.3 is 0 Å². The lowest BCUT2D eigenvalue weighted by Gasteiger charge is -2.22. The average Bonchev–Trinajstić information content (AvgIpc) is 2.53. The van der Waals surface area contributed by atoms with Crippen LogP contribution in [0.25, 0.3) is 16.7 Å². The number of pyridine rings is 1. The number of hydrogen-bond acceptors (Lipinski definition) is 4. The van der Waals surface area contributed by atoms with Gasteiger partial charge in [0.15, 0.2) is 10.8 Å². The quantitative estimate of drug-likeness (QED) is 0.793. The van der Waals surface area contributed by atoms with Gasteiger partial charge in [-0.1, -0.05) is 25.2 Å². The Morgan fingerprint density at radius 2 is 2.04 bits per heavy atom. The van der Waals surface area contributed by atoms with Gasteiger partial charge in [0.05, 0.1) is 11.9 Å². The second-order valence-electron chi connectivity index (χ2n) is 7.31. The van der Waals surface area contributed by atoms with Gasteiger partial charge < -0.3 is 10.6 Å². The van der Waals surface area contributed by atoms with Gasteiger partial charge in [-0.15, -0.1) is 0 Å². The van der Waals surface area contributed by atoms with Crippen LogP contribution in [0.3, 0.4) is 0 Å². The summed E-state index contributed by atoms with van der Waals surface area (Å²) in [5.74, 6) is 1.09. The fourth-order valence-electron chi connectivity index (χ4n) is 2.68. The maximum atomic E-state index is 5.34. The molecule has 1 aliphatic carbocycles. The molecule has 0 saturated carbocycles. The Hall–Kier alpha value is -2.34. The first-order chi connectivity index (χ1) is 11.8.